The lowest BCUT2D eigenvalue weighted by Gasteiger charge is -2.06. The van der Waals surface area contributed by atoms with Gasteiger partial charge in [0.05, 0.1) is 0 Å². The van der Waals surface area contributed by atoms with Gasteiger partial charge in [0, 0.05) is 30.7 Å². The van der Waals surface area contributed by atoms with Crippen molar-refractivity contribution in [1.82, 2.24) is 4.98 Å². The quantitative estimate of drug-likeness (QED) is 0.860. The highest BCUT2D eigenvalue weighted by atomic mass is 19.2. The van der Waals surface area contributed by atoms with Crippen LogP contribution < -0.4 is 5.32 Å². The minimum Gasteiger partial charge on any atom is -0.381 e. The van der Waals surface area contributed by atoms with Gasteiger partial charge in [0.25, 0.3) is 0 Å². The average Bonchev–Trinajstić information content (AvgIpc) is 2.32. The van der Waals surface area contributed by atoms with Gasteiger partial charge in [-0.05, 0) is 29.8 Å². The molecule has 2 nitrogen and oxygen atoms in total. The van der Waals surface area contributed by atoms with E-state index in [4.69, 9.17) is 0 Å². The molecular formula is C12H10F2N2. The summed E-state index contributed by atoms with van der Waals surface area (Å²) in [6, 6.07) is 7.44. The molecule has 0 amide bonds. The van der Waals surface area contributed by atoms with Crippen molar-refractivity contribution in [2.45, 2.75) is 6.54 Å². The first-order valence-corrected chi connectivity index (χ1v) is 4.83. The molecule has 0 saturated carbocycles. The molecule has 0 atom stereocenters. The third-order valence-corrected chi connectivity index (χ3v) is 2.17. The fourth-order valence-electron chi connectivity index (χ4n) is 1.31. The minimum absolute atomic E-state index is 0.549. The van der Waals surface area contributed by atoms with E-state index in [-0.39, 0.29) is 0 Å². The van der Waals surface area contributed by atoms with E-state index in [0.717, 1.165) is 17.7 Å². The molecule has 0 fully saturated rings. The van der Waals surface area contributed by atoms with Crippen molar-refractivity contribution in [1.29, 1.82) is 0 Å². The summed E-state index contributed by atoms with van der Waals surface area (Å²) in [6.07, 6.45) is 3.37. The molecule has 0 saturated heterocycles. The number of hydrogen-bond donors (Lipinski definition) is 1. The molecule has 1 heterocycles. The van der Waals surface area contributed by atoms with Crippen molar-refractivity contribution in [2.24, 2.45) is 0 Å². The van der Waals surface area contributed by atoms with Crippen LogP contribution in [0.25, 0.3) is 0 Å². The molecule has 0 aliphatic heterocycles. The zero-order valence-corrected chi connectivity index (χ0v) is 8.45. The van der Waals surface area contributed by atoms with Gasteiger partial charge in [0.15, 0.2) is 11.6 Å². The Morgan fingerprint density at radius 2 is 1.75 bits per heavy atom. The molecule has 0 unspecified atom stereocenters. The van der Waals surface area contributed by atoms with Crippen molar-refractivity contribution < 1.29 is 8.78 Å². The predicted molar refractivity (Wildman–Crippen MR) is 57.9 cm³/mol. The van der Waals surface area contributed by atoms with Gasteiger partial charge in [0.1, 0.15) is 0 Å². The second-order valence-electron chi connectivity index (χ2n) is 3.34. The van der Waals surface area contributed by atoms with E-state index >= 15 is 0 Å². The van der Waals surface area contributed by atoms with Crippen LogP contribution in [0, 0.1) is 11.6 Å². The van der Waals surface area contributed by atoms with Crippen LogP contribution in [-0.2, 0) is 6.54 Å². The summed E-state index contributed by atoms with van der Waals surface area (Å²) in [7, 11) is 0. The Bertz CT molecular complexity index is 472. The maximum atomic E-state index is 12.9. The first-order valence-electron chi connectivity index (χ1n) is 4.83. The molecule has 0 aliphatic rings. The van der Waals surface area contributed by atoms with Crippen LogP contribution in [0.5, 0.6) is 0 Å². The Kier molecular flexibility index (Phi) is 3.10. The van der Waals surface area contributed by atoms with Gasteiger partial charge in [0.2, 0.25) is 0 Å². The maximum absolute atomic E-state index is 12.9. The summed E-state index contributed by atoms with van der Waals surface area (Å²) in [6.45, 7) is 0.549. The molecule has 2 aromatic rings. The van der Waals surface area contributed by atoms with Crippen molar-refractivity contribution in [2.75, 3.05) is 5.32 Å². The summed E-state index contributed by atoms with van der Waals surface area (Å²) in [4.78, 5) is 3.89. The first kappa shape index (κ1) is 10.5. The monoisotopic (exact) mass is 220 g/mol. The number of rotatable bonds is 3. The van der Waals surface area contributed by atoms with Crippen molar-refractivity contribution >= 4 is 5.69 Å². The van der Waals surface area contributed by atoms with Crippen LogP contribution in [0.4, 0.5) is 14.5 Å². The minimum atomic E-state index is -0.847. The fourth-order valence-corrected chi connectivity index (χ4v) is 1.31. The van der Waals surface area contributed by atoms with Gasteiger partial charge >= 0.3 is 0 Å². The van der Waals surface area contributed by atoms with E-state index in [9.17, 15) is 8.78 Å². The summed E-state index contributed by atoms with van der Waals surface area (Å²) >= 11 is 0. The van der Waals surface area contributed by atoms with Gasteiger partial charge < -0.3 is 5.32 Å². The number of benzene rings is 1. The Hall–Kier alpha value is -1.97. The van der Waals surface area contributed by atoms with E-state index in [0.29, 0.717) is 12.2 Å². The van der Waals surface area contributed by atoms with Crippen molar-refractivity contribution in [3.8, 4) is 0 Å². The van der Waals surface area contributed by atoms with Gasteiger partial charge in [-0.15, -0.1) is 0 Å². The SMILES string of the molecule is Fc1ccc(NCc2ccncc2)cc1F. The van der Waals surface area contributed by atoms with E-state index in [1.54, 1.807) is 12.4 Å². The molecule has 82 valence electrons. The number of anilines is 1. The highest BCUT2D eigenvalue weighted by Crippen LogP contribution is 2.13. The molecule has 4 heteroatoms. The lowest BCUT2D eigenvalue weighted by atomic mass is 10.2. The van der Waals surface area contributed by atoms with Crippen LogP contribution in [0.3, 0.4) is 0 Å². The smallest absolute Gasteiger partial charge is 0.160 e. The third-order valence-electron chi connectivity index (χ3n) is 2.17. The van der Waals surface area contributed by atoms with Gasteiger partial charge in [-0.1, -0.05) is 0 Å². The van der Waals surface area contributed by atoms with E-state index in [1.807, 2.05) is 12.1 Å². The molecule has 0 radical (unpaired) electrons. The summed E-state index contributed by atoms with van der Waals surface area (Å²) in [5, 5.41) is 2.99. The lowest BCUT2D eigenvalue weighted by Crippen LogP contribution is -2.00. The number of nitrogens with one attached hydrogen (secondary N) is 1. The Morgan fingerprint density at radius 3 is 2.44 bits per heavy atom. The van der Waals surface area contributed by atoms with Gasteiger partial charge in [-0.3, -0.25) is 4.98 Å². The van der Waals surface area contributed by atoms with E-state index in [1.165, 1.54) is 6.07 Å². The third kappa shape index (κ3) is 2.53. The van der Waals surface area contributed by atoms with E-state index < -0.39 is 11.6 Å². The molecule has 2 rings (SSSR count). The molecule has 16 heavy (non-hydrogen) atoms. The van der Waals surface area contributed by atoms with Crippen LogP contribution in [0.15, 0.2) is 42.7 Å². The highest BCUT2D eigenvalue weighted by Gasteiger charge is 2.01. The number of aromatic nitrogens is 1. The van der Waals surface area contributed by atoms with Crippen molar-refractivity contribution in [3.63, 3.8) is 0 Å². The fraction of sp³-hybridized carbons (Fsp3) is 0.0833. The standard InChI is InChI=1S/C12H10F2N2/c13-11-2-1-10(7-12(11)14)16-8-9-3-5-15-6-4-9/h1-7,16H,8H2. The zero-order chi connectivity index (χ0) is 11.4. The molecule has 1 aromatic heterocycles. The predicted octanol–water partition coefficient (Wildman–Crippen LogP) is 2.97. The van der Waals surface area contributed by atoms with Crippen LogP contribution in [-0.4, -0.2) is 4.98 Å². The van der Waals surface area contributed by atoms with Crippen LogP contribution in [0.2, 0.25) is 0 Å². The number of halogens is 2. The Balaban J connectivity index is 2.03. The molecule has 0 aliphatic carbocycles. The topological polar surface area (TPSA) is 24.9 Å². The van der Waals surface area contributed by atoms with Crippen LogP contribution in [0.1, 0.15) is 5.56 Å². The Labute approximate surface area is 92.0 Å². The van der Waals surface area contributed by atoms with E-state index in [2.05, 4.69) is 10.3 Å². The van der Waals surface area contributed by atoms with Crippen molar-refractivity contribution in [3.05, 3.63) is 59.9 Å². The second-order valence-corrected chi connectivity index (χ2v) is 3.34. The van der Waals surface area contributed by atoms with Gasteiger partial charge in [-0.25, -0.2) is 8.78 Å². The lowest BCUT2D eigenvalue weighted by molar-refractivity contribution is 0.509. The second kappa shape index (κ2) is 4.70. The zero-order valence-electron chi connectivity index (χ0n) is 8.45. The molecule has 0 bridgehead atoms. The number of hydrogen-bond acceptors (Lipinski definition) is 2. The summed E-state index contributed by atoms with van der Waals surface area (Å²) < 4.78 is 25.5. The van der Waals surface area contributed by atoms with Gasteiger partial charge in [-0.2, -0.15) is 0 Å². The Morgan fingerprint density at radius 1 is 1.00 bits per heavy atom. The first-order chi connectivity index (χ1) is 7.75. The largest absolute Gasteiger partial charge is 0.381 e. The normalized spacial score (nSPS) is 10.1. The molecule has 1 N–H and O–H groups in total. The summed E-state index contributed by atoms with van der Waals surface area (Å²) in [5.41, 5.74) is 1.58. The molecule has 1 aromatic carbocycles. The van der Waals surface area contributed by atoms with Crippen LogP contribution >= 0.6 is 0 Å². The molecule has 0 spiro atoms. The average molecular weight is 220 g/mol. The maximum Gasteiger partial charge on any atom is 0.160 e. The molecular weight excluding hydrogens is 210 g/mol. The number of nitrogens with zero attached hydrogens (tertiary/aromatic N) is 1. The number of pyridine rings is 1. The summed E-state index contributed by atoms with van der Waals surface area (Å²) in [5.74, 6) is -1.69. The highest BCUT2D eigenvalue weighted by molar-refractivity contribution is 5.43.